The molecular formula is C3H4F4O2. The van der Waals surface area contributed by atoms with E-state index in [-0.39, 0.29) is 0 Å². The monoisotopic (exact) mass is 148 g/mol. The summed E-state index contributed by atoms with van der Waals surface area (Å²) in [6, 6.07) is 0. The third-order valence-electron chi connectivity index (χ3n) is 0.445. The lowest BCUT2D eigenvalue weighted by Crippen LogP contribution is -2.24. The fraction of sp³-hybridized carbons (Fsp3) is 1.00. The van der Waals surface area contributed by atoms with E-state index in [9.17, 15) is 17.6 Å². The van der Waals surface area contributed by atoms with Gasteiger partial charge >= 0.3 is 6.29 Å². The molecule has 0 unspecified atom stereocenters. The standard InChI is InChI=1S/C3H4F4O2/c4-1-8-3(6,7)9-2-5/h1-2H2. The first-order chi connectivity index (χ1) is 4.12. The molecule has 0 N–H and O–H groups in total. The minimum atomic E-state index is -4.15. The number of ether oxygens (including phenoxy) is 2. The van der Waals surface area contributed by atoms with Gasteiger partial charge < -0.3 is 0 Å². The van der Waals surface area contributed by atoms with Gasteiger partial charge in [0, 0.05) is 0 Å². The molecule has 0 aromatic heterocycles. The van der Waals surface area contributed by atoms with Crippen molar-refractivity contribution in [2.45, 2.75) is 6.29 Å². The van der Waals surface area contributed by atoms with Gasteiger partial charge in [-0.2, -0.15) is 0 Å². The van der Waals surface area contributed by atoms with E-state index in [1.807, 2.05) is 0 Å². The molecule has 56 valence electrons. The highest BCUT2D eigenvalue weighted by atomic mass is 19.3. The van der Waals surface area contributed by atoms with Crippen molar-refractivity contribution < 1.29 is 27.0 Å². The quantitative estimate of drug-likeness (QED) is 0.443. The van der Waals surface area contributed by atoms with Crippen LogP contribution in [0.25, 0.3) is 0 Å². The van der Waals surface area contributed by atoms with Gasteiger partial charge in [-0.3, -0.25) is 9.47 Å². The van der Waals surface area contributed by atoms with E-state index < -0.39 is 20.0 Å². The van der Waals surface area contributed by atoms with Gasteiger partial charge in [-0.25, -0.2) is 8.78 Å². The maximum Gasteiger partial charge on any atom is 0.490 e. The van der Waals surface area contributed by atoms with E-state index >= 15 is 0 Å². The van der Waals surface area contributed by atoms with Gasteiger partial charge in [0.2, 0.25) is 0 Å². The molecule has 0 rings (SSSR count). The highest BCUT2D eigenvalue weighted by Crippen LogP contribution is 2.16. The number of hydrogen-bond donors (Lipinski definition) is 0. The molecule has 6 heteroatoms. The molecule has 0 aliphatic carbocycles. The minimum Gasteiger partial charge on any atom is -0.264 e. The molecular weight excluding hydrogens is 144 g/mol. The van der Waals surface area contributed by atoms with Gasteiger partial charge in [0.05, 0.1) is 0 Å². The average molecular weight is 148 g/mol. The van der Waals surface area contributed by atoms with E-state index in [0.29, 0.717) is 0 Å². The van der Waals surface area contributed by atoms with Crippen LogP contribution in [0.3, 0.4) is 0 Å². The molecule has 2 nitrogen and oxygen atoms in total. The smallest absolute Gasteiger partial charge is 0.264 e. The highest BCUT2D eigenvalue weighted by Gasteiger charge is 2.31. The topological polar surface area (TPSA) is 18.5 Å². The van der Waals surface area contributed by atoms with Gasteiger partial charge in [0.15, 0.2) is 13.7 Å². The van der Waals surface area contributed by atoms with Crippen molar-refractivity contribution >= 4 is 0 Å². The van der Waals surface area contributed by atoms with E-state index in [0.717, 1.165) is 0 Å². The third kappa shape index (κ3) is 4.16. The van der Waals surface area contributed by atoms with Gasteiger partial charge in [0.1, 0.15) is 0 Å². The van der Waals surface area contributed by atoms with Crippen molar-refractivity contribution in [1.29, 1.82) is 0 Å². The van der Waals surface area contributed by atoms with Crippen LogP contribution < -0.4 is 0 Å². The summed E-state index contributed by atoms with van der Waals surface area (Å²) in [4.78, 5) is 0. The summed E-state index contributed by atoms with van der Waals surface area (Å²) in [5.74, 6) is 0. The van der Waals surface area contributed by atoms with Crippen LogP contribution in [0.15, 0.2) is 0 Å². The molecule has 0 spiro atoms. The van der Waals surface area contributed by atoms with Crippen LogP contribution in [-0.4, -0.2) is 20.0 Å². The van der Waals surface area contributed by atoms with Gasteiger partial charge in [-0.1, -0.05) is 0 Å². The molecule has 0 amide bonds. The van der Waals surface area contributed by atoms with Gasteiger partial charge in [-0.05, 0) is 0 Å². The van der Waals surface area contributed by atoms with Crippen LogP contribution in [0.2, 0.25) is 0 Å². The zero-order valence-corrected chi connectivity index (χ0v) is 4.24. The SMILES string of the molecule is FCOC(F)(F)OCF. The lowest BCUT2D eigenvalue weighted by molar-refractivity contribution is -0.409. The van der Waals surface area contributed by atoms with E-state index in [1.165, 1.54) is 0 Å². The van der Waals surface area contributed by atoms with Crippen LogP contribution in [-0.2, 0) is 9.47 Å². The molecule has 0 aromatic carbocycles. The average Bonchev–Trinajstić information content (AvgIpc) is 1.64. The molecule has 0 aliphatic rings. The fourth-order valence-electron chi connectivity index (χ4n) is 0.169. The molecule has 9 heavy (non-hydrogen) atoms. The van der Waals surface area contributed by atoms with Crippen LogP contribution in [0.4, 0.5) is 17.6 Å². The zero-order chi connectivity index (χ0) is 7.33. The van der Waals surface area contributed by atoms with Crippen molar-refractivity contribution in [1.82, 2.24) is 0 Å². The summed E-state index contributed by atoms with van der Waals surface area (Å²) in [5, 5.41) is 0. The van der Waals surface area contributed by atoms with E-state index in [4.69, 9.17) is 0 Å². The van der Waals surface area contributed by atoms with Crippen molar-refractivity contribution in [3.05, 3.63) is 0 Å². The lowest BCUT2D eigenvalue weighted by atomic mass is 11.2. The highest BCUT2D eigenvalue weighted by molar-refractivity contribution is 4.24. The molecule has 0 bridgehead atoms. The number of alkyl halides is 4. The van der Waals surface area contributed by atoms with Crippen LogP contribution in [0.5, 0.6) is 0 Å². The summed E-state index contributed by atoms with van der Waals surface area (Å²) in [5.41, 5.74) is 0. The molecule has 0 radical (unpaired) electrons. The van der Waals surface area contributed by atoms with E-state index in [2.05, 4.69) is 9.47 Å². The van der Waals surface area contributed by atoms with Crippen molar-refractivity contribution in [2.75, 3.05) is 13.7 Å². The Kier molecular flexibility index (Phi) is 3.48. The Morgan fingerprint density at radius 2 is 1.33 bits per heavy atom. The summed E-state index contributed by atoms with van der Waals surface area (Å²) in [6.45, 7) is -3.43. The second-order valence-corrected chi connectivity index (χ2v) is 0.970. The van der Waals surface area contributed by atoms with Crippen molar-refractivity contribution in [2.24, 2.45) is 0 Å². The van der Waals surface area contributed by atoms with Gasteiger partial charge in [0.25, 0.3) is 0 Å². The Bertz CT molecular complexity index is 68.2. The summed E-state index contributed by atoms with van der Waals surface area (Å²) in [6.07, 6.45) is -4.15. The Morgan fingerprint density at radius 3 is 1.56 bits per heavy atom. The molecule has 0 saturated carbocycles. The normalized spacial score (nSPS) is 12.0. The largest absolute Gasteiger partial charge is 0.490 e. The van der Waals surface area contributed by atoms with Crippen LogP contribution >= 0.6 is 0 Å². The summed E-state index contributed by atoms with van der Waals surface area (Å²) >= 11 is 0. The Morgan fingerprint density at radius 1 is 1.00 bits per heavy atom. The second-order valence-electron chi connectivity index (χ2n) is 0.970. The first-order valence-electron chi connectivity index (χ1n) is 1.90. The van der Waals surface area contributed by atoms with Crippen LogP contribution in [0, 0.1) is 0 Å². The maximum absolute atomic E-state index is 11.5. The molecule has 0 atom stereocenters. The predicted molar refractivity (Wildman–Crippen MR) is 19.1 cm³/mol. The van der Waals surface area contributed by atoms with Crippen molar-refractivity contribution in [3.8, 4) is 0 Å². The summed E-state index contributed by atoms with van der Waals surface area (Å²) in [7, 11) is 0. The minimum absolute atomic E-state index is 1.72. The Hall–Kier alpha value is -0.360. The first-order valence-corrected chi connectivity index (χ1v) is 1.90. The fourth-order valence-corrected chi connectivity index (χ4v) is 0.169. The number of rotatable bonds is 4. The predicted octanol–water partition coefficient (Wildman–Crippen LogP) is 1.42. The molecule has 0 aliphatic heterocycles. The lowest BCUT2D eigenvalue weighted by Gasteiger charge is -2.10. The maximum atomic E-state index is 11.5. The Labute approximate surface area is 48.4 Å². The molecule has 0 aromatic rings. The first kappa shape index (κ1) is 8.64. The van der Waals surface area contributed by atoms with Gasteiger partial charge in [-0.15, -0.1) is 8.78 Å². The van der Waals surface area contributed by atoms with Crippen LogP contribution in [0.1, 0.15) is 0 Å². The molecule has 0 saturated heterocycles. The molecule has 0 heterocycles. The Balaban J connectivity index is 3.43. The zero-order valence-electron chi connectivity index (χ0n) is 4.24. The van der Waals surface area contributed by atoms with Crippen molar-refractivity contribution in [3.63, 3.8) is 0 Å². The van der Waals surface area contributed by atoms with E-state index in [1.54, 1.807) is 0 Å². The number of hydrogen-bond acceptors (Lipinski definition) is 2. The molecule has 0 fully saturated rings. The summed E-state index contributed by atoms with van der Waals surface area (Å²) < 4.78 is 50.8. The second kappa shape index (κ2) is 3.62. The number of halogens is 4. The third-order valence-corrected chi connectivity index (χ3v) is 0.445.